The van der Waals surface area contributed by atoms with Gasteiger partial charge in [0.1, 0.15) is 12.8 Å². The van der Waals surface area contributed by atoms with Crippen molar-refractivity contribution < 1.29 is 14.1 Å². The van der Waals surface area contributed by atoms with E-state index in [0.29, 0.717) is 16.9 Å². The Hall–Kier alpha value is -4.44. The third-order valence-electron chi connectivity index (χ3n) is 9.53. The number of fused-ring (bicyclic) bond motifs is 6. The van der Waals surface area contributed by atoms with Crippen molar-refractivity contribution in [3.05, 3.63) is 119 Å². The molecule has 2 heterocycles. The Morgan fingerprint density at radius 2 is 1.39 bits per heavy atom. The second kappa shape index (κ2) is 8.53. The third kappa shape index (κ3) is 3.34. The molecule has 3 aliphatic rings. The number of benzene rings is 4. The smallest absolute Gasteiger partial charge is 0.210 e. The van der Waals surface area contributed by atoms with Crippen LogP contribution >= 0.6 is 0 Å². The Bertz CT molecular complexity index is 1970. The summed E-state index contributed by atoms with van der Waals surface area (Å²) in [5.41, 5.74) is 7.83. The molecule has 4 aromatic carbocycles. The number of allylic oxidation sites excluding steroid dienone is 5. The molecule has 0 atom stereocenters. The van der Waals surface area contributed by atoms with Crippen molar-refractivity contribution in [1.82, 2.24) is 0 Å². The number of anilines is 1. The summed E-state index contributed by atoms with van der Waals surface area (Å²) in [5.74, 6) is 0.682. The fraction of sp³-hybridized carbons (Fsp3) is 0.243. The van der Waals surface area contributed by atoms with Gasteiger partial charge in [-0.05, 0) is 59.2 Å². The SMILES string of the molecule is COC1=C(/C=C2/N(C)c3ccc4ccccc4c3C2(C)C)C(=O)/C1=C\C1=[N+](C)c2ccc3ccccc3c2C1(C)C. The number of methoxy groups -OCH3 is 1. The van der Waals surface area contributed by atoms with Crippen LogP contribution in [0.15, 0.2) is 108 Å². The van der Waals surface area contributed by atoms with E-state index in [1.165, 1.54) is 44.0 Å². The number of carbonyl (C=O) groups is 1. The summed E-state index contributed by atoms with van der Waals surface area (Å²) < 4.78 is 8.12. The molecule has 0 saturated heterocycles. The monoisotopic (exact) mass is 539 g/mol. The number of ether oxygens (including phenoxy) is 1. The van der Waals surface area contributed by atoms with Gasteiger partial charge in [0, 0.05) is 41.6 Å². The maximum absolute atomic E-state index is 13.8. The van der Waals surface area contributed by atoms with Gasteiger partial charge in [0.25, 0.3) is 0 Å². The van der Waals surface area contributed by atoms with Gasteiger partial charge in [-0.15, -0.1) is 0 Å². The van der Waals surface area contributed by atoms with E-state index < -0.39 is 0 Å². The van der Waals surface area contributed by atoms with Crippen LogP contribution in [0.2, 0.25) is 0 Å². The Morgan fingerprint density at radius 1 is 0.780 bits per heavy atom. The van der Waals surface area contributed by atoms with Gasteiger partial charge in [-0.25, -0.2) is 0 Å². The molecule has 0 spiro atoms. The summed E-state index contributed by atoms with van der Waals surface area (Å²) >= 11 is 0. The highest BCUT2D eigenvalue weighted by Crippen LogP contribution is 2.51. The Labute approximate surface area is 241 Å². The molecular weight excluding hydrogens is 504 g/mol. The molecule has 41 heavy (non-hydrogen) atoms. The Balaban J connectivity index is 1.32. The van der Waals surface area contributed by atoms with Crippen LogP contribution in [-0.4, -0.2) is 37.3 Å². The molecule has 2 aliphatic heterocycles. The maximum atomic E-state index is 13.8. The van der Waals surface area contributed by atoms with Crippen LogP contribution in [0.4, 0.5) is 11.4 Å². The summed E-state index contributed by atoms with van der Waals surface area (Å²) in [4.78, 5) is 16.0. The minimum atomic E-state index is -0.276. The van der Waals surface area contributed by atoms with Crippen LogP contribution in [0.25, 0.3) is 21.5 Å². The van der Waals surface area contributed by atoms with Gasteiger partial charge < -0.3 is 9.64 Å². The van der Waals surface area contributed by atoms with Gasteiger partial charge in [0.15, 0.2) is 5.71 Å². The topological polar surface area (TPSA) is 32.5 Å². The summed E-state index contributed by atoms with van der Waals surface area (Å²) in [6.45, 7) is 8.98. The second-order valence-corrected chi connectivity index (χ2v) is 12.5. The number of nitrogens with zero attached hydrogens (tertiary/aromatic N) is 2. The van der Waals surface area contributed by atoms with Crippen molar-refractivity contribution >= 4 is 44.4 Å². The lowest BCUT2D eigenvalue weighted by atomic mass is 9.76. The highest BCUT2D eigenvalue weighted by Gasteiger charge is 2.47. The first-order chi connectivity index (χ1) is 19.6. The number of hydrogen-bond acceptors (Lipinski definition) is 3. The lowest BCUT2D eigenvalue weighted by Crippen LogP contribution is -2.31. The van der Waals surface area contributed by atoms with Crippen molar-refractivity contribution in [3.8, 4) is 0 Å². The van der Waals surface area contributed by atoms with E-state index in [0.717, 1.165) is 11.4 Å². The van der Waals surface area contributed by atoms with E-state index in [2.05, 4.69) is 124 Å². The summed E-state index contributed by atoms with van der Waals surface area (Å²) in [5, 5.41) is 4.96. The van der Waals surface area contributed by atoms with Crippen LogP contribution in [0.3, 0.4) is 0 Å². The third-order valence-corrected chi connectivity index (χ3v) is 9.53. The van der Waals surface area contributed by atoms with Gasteiger partial charge >= 0.3 is 0 Å². The number of rotatable bonds is 3. The zero-order valence-corrected chi connectivity index (χ0v) is 24.8. The molecule has 4 nitrogen and oxygen atoms in total. The van der Waals surface area contributed by atoms with Crippen LogP contribution < -0.4 is 4.90 Å². The highest BCUT2D eigenvalue weighted by atomic mass is 16.5. The molecule has 4 heteroatoms. The number of Topliss-reactive ketones (excluding diaryl/α,β-unsaturated/α-hetero) is 1. The average Bonchev–Trinajstić information content (AvgIpc) is 3.29. The van der Waals surface area contributed by atoms with Crippen molar-refractivity contribution in [2.75, 3.05) is 26.1 Å². The largest absolute Gasteiger partial charge is 0.495 e. The average molecular weight is 540 g/mol. The van der Waals surface area contributed by atoms with E-state index in [9.17, 15) is 4.79 Å². The van der Waals surface area contributed by atoms with Gasteiger partial charge in [-0.1, -0.05) is 68.4 Å². The number of carbonyl (C=O) groups excluding carboxylic acids is 1. The molecule has 0 bridgehead atoms. The molecular formula is C37H35N2O2+. The first-order valence-electron chi connectivity index (χ1n) is 14.2. The van der Waals surface area contributed by atoms with Crippen molar-refractivity contribution in [1.29, 1.82) is 0 Å². The van der Waals surface area contributed by atoms with Crippen LogP contribution in [0.5, 0.6) is 0 Å². The van der Waals surface area contributed by atoms with Crippen molar-refractivity contribution in [2.24, 2.45) is 0 Å². The predicted molar refractivity (Wildman–Crippen MR) is 168 cm³/mol. The molecule has 0 radical (unpaired) electrons. The van der Waals surface area contributed by atoms with Crippen molar-refractivity contribution in [2.45, 2.75) is 38.5 Å². The standard InChI is InChI=1S/C37H35N2O2/c1-36(2)30(38(5)28-18-16-22-12-8-10-14-24(22)32(28)36)20-26-34(40)27(35(26)41-7)21-31-37(3,4)33-25-15-11-9-13-23(25)17-19-29(33)39(31)6/h8-21H,1-7H3/q+1. The first-order valence-corrected chi connectivity index (χ1v) is 14.2. The molecule has 7 rings (SSSR count). The second-order valence-electron chi connectivity index (χ2n) is 12.5. The minimum absolute atomic E-state index is 0.0249. The molecule has 0 fully saturated rings. The summed E-state index contributed by atoms with van der Waals surface area (Å²) in [7, 11) is 5.85. The Kier molecular flexibility index (Phi) is 5.31. The fourth-order valence-corrected chi connectivity index (χ4v) is 7.49. The quantitative estimate of drug-likeness (QED) is 0.197. The molecule has 0 N–H and O–H groups in total. The van der Waals surface area contributed by atoms with Crippen LogP contribution in [0, 0.1) is 0 Å². The van der Waals surface area contributed by atoms with E-state index in [4.69, 9.17) is 4.74 Å². The normalized spacial score (nSPS) is 20.9. The minimum Gasteiger partial charge on any atom is -0.495 e. The Morgan fingerprint density at radius 3 is 2.05 bits per heavy atom. The zero-order valence-electron chi connectivity index (χ0n) is 24.8. The molecule has 0 saturated carbocycles. The predicted octanol–water partition coefficient (Wildman–Crippen LogP) is 7.72. The van der Waals surface area contributed by atoms with Gasteiger partial charge in [-0.3, -0.25) is 4.79 Å². The zero-order chi connectivity index (χ0) is 28.8. The van der Waals surface area contributed by atoms with E-state index >= 15 is 0 Å². The van der Waals surface area contributed by atoms with Crippen molar-refractivity contribution in [3.63, 3.8) is 0 Å². The van der Waals surface area contributed by atoms with Crippen LogP contribution in [0.1, 0.15) is 38.8 Å². The number of ketones is 1. The van der Waals surface area contributed by atoms with Gasteiger partial charge in [0.05, 0.1) is 23.7 Å². The van der Waals surface area contributed by atoms with E-state index in [-0.39, 0.29) is 16.6 Å². The van der Waals surface area contributed by atoms with Crippen LogP contribution in [-0.2, 0) is 20.4 Å². The molecule has 0 aromatic heterocycles. The molecule has 204 valence electrons. The van der Waals surface area contributed by atoms with Gasteiger partial charge in [0.2, 0.25) is 11.5 Å². The number of likely N-dealkylation sites (N-methyl/N-ethyl adjacent to an activating group) is 1. The van der Waals surface area contributed by atoms with E-state index in [1.807, 2.05) is 12.2 Å². The fourth-order valence-electron chi connectivity index (χ4n) is 7.49. The molecule has 0 unspecified atom stereocenters. The first kappa shape index (κ1) is 25.5. The van der Waals surface area contributed by atoms with Gasteiger partial charge in [-0.2, -0.15) is 4.58 Å². The lowest BCUT2D eigenvalue weighted by molar-refractivity contribution is -0.401. The summed E-state index contributed by atoms with van der Waals surface area (Å²) in [6, 6.07) is 25.8. The maximum Gasteiger partial charge on any atom is 0.210 e. The molecule has 4 aromatic rings. The van der Waals surface area contributed by atoms with E-state index in [1.54, 1.807) is 7.11 Å². The molecule has 1 aliphatic carbocycles. The summed E-state index contributed by atoms with van der Waals surface area (Å²) in [6.07, 6.45) is 4.09. The highest BCUT2D eigenvalue weighted by molar-refractivity contribution is 6.24. The number of hydrogen-bond donors (Lipinski definition) is 0. The molecule has 0 amide bonds. The lowest BCUT2D eigenvalue weighted by Gasteiger charge is -2.28.